The molecular weight excluding hydrogens is 446 g/mol. The number of alkyl carbamates (subject to hydrolysis) is 1. The van der Waals surface area contributed by atoms with Crippen molar-refractivity contribution in [3.05, 3.63) is 36.7 Å². The summed E-state index contributed by atoms with van der Waals surface area (Å²) in [6, 6.07) is 7.91. The Morgan fingerprint density at radius 2 is 2.00 bits per heavy atom. The van der Waals surface area contributed by atoms with Gasteiger partial charge in [-0.05, 0) is 57.7 Å². The third-order valence-electron chi connectivity index (χ3n) is 6.14. The highest BCUT2D eigenvalue weighted by molar-refractivity contribution is 5.87. The number of anilines is 3. The van der Waals surface area contributed by atoms with Crippen LogP contribution >= 0.6 is 0 Å². The normalized spacial score (nSPS) is 15.0. The Kier molecular flexibility index (Phi) is 5.96. The van der Waals surface area contributed by atoms with Gasteiger partial charge in [0.2, 0.25) is 5.95 Å². The van der Waals surface area contributed by atoms with Crippen molar-refractivity contribution in [2.75, 3.05) is 29.9 Å². The Morgan fingerprint density at radius 1 is 1.20 bits per heavy atom. The van der Waals surface area contributed by atoms with Crippen LogP contribution in [0.2, 0.25) is 0 Å². The summed E-state index contributed by atoms with van der Waals surface area (Å²) < 4.78 is 12.9. The number of nitrogens with one attached hydrogen (secondary N) is 2. The second-order valence-corrected chi connectivity index (χ2v) is 9.99. The fourth-order valence-corrected chi connectivity index (χ4v) is 4.38. The molecule has 0 spiro atoms. The molecule has 1 aliphatic rings. The number of amides is 1. The van der Waals surface area contributed by atoms with Crippen molar-refractivity contribution >= 4 is 45.5 Å². The molecule has 0 aliphatic carbocycles. The van der Waals surface area contributed by atoms with Gasteiger partial charge in [0.15, 0.2) is 11.4 Å². The van der Waals surface area contributed by atoms with Crippen molar-refractivity contribution in [3.8, 4) is 0 Å². The van der Waals surface area contributed by atoms with E-state index in [1.807, 2.05) is 63.0 Å². The number of aryl methyl sites for hydroxylation is 1. The van der Waals surface area contributed by atoms with E-state index in [1.165, 1.54) is 0 Å². The molecule has 1 saturated heterocycles. The predicted molar refractivity (Wildman–Crippen MR) is 135 cm³/mol. The second kappa shape index (κ2) is 9.09. The molecule has 5 rings (SSSR count). The molecule has 10 heteroatoms. The van der Waals surface area contributed by atoms with Crippen molar-refractivity contribution in [1.29, 1.82) is 0 Å². The predicted octanol–water partition coefficient (Wildman–Crippen LogP) is 4.59. The Hall–Kier alpha value is -3.82. The summed E-state index contributed by atoms with van der Waals surface area (Å²) in [7, 11) is 1.93. The van der Waals surface area contributed by atoms with Gasteiger partial charge in [-0.3, -0.25) is 4.68 Å². The van der Waals surface area contributed by atoms with Crippen LogP contribution in [0.15, 0.2) is 41.1 Å². The number of furan rings is 1. The van der Waals surface area contributed by atoms with Gasteiger partial charge in [-0.1, -0.05) is 0 Å². The number of fused-ring (bicyclic) bond motifs is 2. The first-order valence-corrected chi connectivity index (χ1v) is 11.9. The van der Waals surface area contributed by atoms with Gasteiger partial charge < -0.3 is 24.7 Å². The van der Waals surface area contributed by atoms with E-state index in [4.69, 9.17) is 14.1 Å². The number of hydrogen-bond acceptors (Lipinski definition) is 8. The number of benzene rings is 1. The highest BCUT2D eigenvalue weighted by atomic mass is 16.6. The van der Waals surface area contributed by atoms with Gasteiger partial charge in [0.25, 0.3) is 0 Å². The highest BCUT2D eigenvalue weighted by Gasteiger charge is 2.25. The maximum absolute atomic E-state index is 12.0. The van der Waals surface area contributed by atoms with Crippen molar-refractivity contribution < 1.29 is 13.9 Å². The van der Waals surface area contributed by atoms with E-state index >= 15 is 0 Å². The molecule has 35 heavy (non-hydrogen) atoms. The fraction of sp³-hybridized carbons (Fsp3) is 0.440. The molecular formula is C25H31N7O3. The molecule has 3 aromatic heterocycles. The summed E-state index contributed by atoms with van der Waals surface area (Å²) in [6.45, 7) is 7.82. The number of aromatic nitrogens is 4. The van der Waals surface area contributed by atoms with Gasteiger partial charge in [-0.25, -0.2) is 9.78 Å². The molecule has 0 atom stereocenters. The molecule has 0 saturated carbocycles. The third kappa shape index (κ3) is 5.16. The third-order valence-corrected chi connectivity index (χ3v) is 6.14. The number of piperidine rings is 1. The summed E-state index contributed by atoms with van der Waals surface area (Å²) in [6.07, 6.45) is 4.98. The number of nitrogens with zero attached hydrogens (tertiary/aromatic N) is 5. The fourth-order valence-electron chi connectivity index (χ4n) is 4.38. The van der Waals surface area contributed by atoms with E-state index in [0.717, 1.165) is 53.9 Å². The lowest BCUT2D eigenvalue weighted by atomic mass is 9.97. The zero-order valence-corrected chi connectivity index (χ0v) is 20.5. The summed E-state index contributed by atoms with van der Waals surface area (Å²) in [5.74, 6) is 1.69. The van der Waals surface area contributed by atoms with Gasteiger partial charge in [-0.15, -0.1) is 0 Å². The molecule has 4 heterocycles. The molecule has 0 bridgehead atoms. The van der Waals surface area contributed by atoms with Crippen LogP contribution in [0.25, 0.3) is 22.0 Å². The maximum Gasteiger partial charge on any atom is 0.407 e. The molecule has 0 unspecified atom stereocenters. The van der Waals surface area contributed by atoms with Crippen molar-refractivity contribution in [2.45, 2.75) is 39.2 Å². The van der Waals surface area contributed by atoms with Crippen molar-refractivity contribution in [2.24, 2.45) is 13.0 Å². The first kappa shape index (κ1) is 22.9. The number of ether oxygens (including phenoxy) is 1. The second-order valence-electron chi connectivity index (χ2n) is 9.99. The lowest BCUT2D eigenvalue weighted by Gasteiger charge is -2.33. The zero-order chi connectivity index (χ0) is 24.6. The summed E-state index contributed by atoms with van der Waals surface area (Å²) in [5, 5.41) is 11.6. The molecule has 1 aliphatic heterocycles. The van der Waals surface area contributed by atoms with Crippen LogP contribution in [-0.4, -0.2) is 51.1 Å². The van der Waals surface area contributed by atoms with Gasteiger partial charge in [-0.2, -0.15) is 10.1 Å². The lowest BCUT2D eigenvalue weighted by Crippen LogP contribution is -2.40. The van der Waals surface area contributed by atoms with Crippen molar-refractivity contribution in [3.63, 3.8) is 0 Å². The van der Waals surface area contributed by atoms with Crippen LogP contribution in [0.4, 0.5) is 22.2 Å². The molecule has 0 radical (unpaired) electrons. The average Bonchev–Trinajstić information content (AvgIpc) is 3.43. The molecule has 1 amide bonds. The van der Waals surface area contributed by atoms with E-state index in [1.54, 1.807) is 6.26 Å². The zero-order valence-electron chi connectivity index (χ0n) is 20.5. The first-order chi connectivity index (χ1) is 16.7. The molecule has 4 aromatic rings. The largest absolute Gasteiger partial charge is 0.459 e. The summed E-state index contributed by atoms with van der Waals surface area (Å²) in [5.41, 5.74) is 2.90. The van der Waals surface area contributed by atoms with E-state index < -0.39 is 5.60 Å². The van der Waals surface area contributed by atoms with Crippen LogP contribution in [0.3, 0.4) is 0 Å². The van der Waals surface area contributed by atoms with E-state index in [-0.39, 0.29) is 6.09 Å². The smallest absolute Gasteiger partial charge is 0.407 e. The minimum absolute atomic E-state index is 0.367. The lowest BCUT2D eigenvalue weighted by molar-refractivity contribution is 0.0517. The van der Waals surface area contributed by atoms with Crippen LogP contribution in [0, 0.1) is 5.92 Å². The van der Waals surface area contributed by atoms with Gasteiger partial charge in [0, 0.05) is 43.8 Å². The quantitative estimate of drug-likeness (QED) is 0.429. The molecule has 1 aromatic carbocycles. The SMILES string of the molecule is Cn1ncc2cc(Nc3nc(N4CCC(CNC(=O)OC(C)(C)C)CC4)c4occc4n3)ccc21. The van der Waals surface area contributed by atoms with Crippen LogP contribution in [0.5, 0.6) is 0 Å². The number of hydrogen-bond donors (Lipinski definition) is 2. The molecule has 1 fully saturated rings. The minimum atomic E-state index is -0.496. The molecule has 2 N–H and O–H groups in total. The van der Waals surface area contributed by atoms with E-state index in [0.29, 0.717) is 24.0 Å². The number of carbonyl (C=O) groups excluding carboxylic acids is 1. The van der Waals surface area contributed by atoms with Gasteiger partial charge in [0.1, 0.15) is 11.1 Å². The maximum atomic E-state index is 12.0. The first-order valence-electron chi connectivity index (χ1n) is 11.9. The Morgan fingerprint density at radius 3 is 2.77 bits per heavy atom. The summed E-state index contributed by atoms with van der Waals surface area (Å²) in [4.78, 5) is 23.7. The van der Waals surface area contributed by atoms with Crippen LogP contribution in [0.1, 0.15) is 33.6 Å². The molecule has 10 nitrogen and oxygen atoms in total. The highest BCUT2D eigenvalue weighted by Crippen LogP contribution is 2.31. The standard InChI is InChI=1S/C25H31N7O3/c1-25(2,3)35-24(33)26-14-16-7-10-32(11-8-16)22-21-19(9-12-34-21)29-23(30-22)28-18-5-6-20-17(13-18)15-27-31(20)4/h5-6,9,12-13,15-16H,7-8,10-11,14H2,1-4H3,(H,26,33)(H,28,29,30). The Balaban J connectivity index is 1.27. The average molecular weight is 478 g/mol. The van der Waals surface area contributed by atoms with Crippen molar-refractivity contribution in [1.82, 2.24) is 25.1 Å². The van der Waals surface area contributed by atoms with Gasteiger partial charge >= 0.3 is 6.09 Å². The topological polar surface area (TPSA) is 110 Å². The monoisotopic (exact) mass is 477 g/mol. The Labute approximate surface area is 203 Å². The van der Waals surface area contributed by atoms with Crippen LogP contribution < -0.4 is 15.5 Å². The van der Waals surface area contributed by atoms with Crippen LogP contribution in [-0.2, 0) is 11.8 Å². The summed E-state index contributed by atoms with van der Waals surface area (Å²) >= 11 is 0. The van der Waals surface area contributed by atoms with E-state index in [9.17, 15) is 4.79 Å². The Bertz CT molecular complexity index is 1350. The number of rotatable bonds is 5. The van der Waals surface area contributed by atoms with E-state index in [2.05, 4.69) is 25.6 Å². The minimum Gasteiger partial charge on any atom is -0.459 e. The number of carbonyl (C=O) groups is 1. The molecule has 184 valence electrons. The van der Waals surface area contributed by atoms with Gasteiger partial charge in [0.05, 0.1) is 18.0 Å².